The maximum absolute atomic E-state index is 13.8. The predicted molar refractivity (Wildman–Crippen MR) is 128 cm³/mol. The number of likely N-dealkylation sites (tertiary alicyclic amines) is 1. The summed E-state index contributed by atoms with van der Waals surface area (Å²) in [5.74, 6) is -1.06. The topological polar surface area (TPSA) is 41.6 Å². The van der Waals surface area contributed by atoms with E-state index in [1.165, 1.54) is 12.1 Å². The quantitative estimate of drug-likeness (QED) is 0.487. The maximum atomic E-state index is 13.8. The highest BCUT2D eigenvalue weighted by atomic mass is 19.4. The maximum Gasteiger partial charge on any atom is 0.416 e. The number of nitrogens with one attached hydrogen (secondary N) is 1. The van der Waals surface area contributed by atoms with Gasteiger partial charge in [0.25, 0.3) is 5.91 Å². The van der Waals surface area contributed by atoms with Gasteiger partial charge < -0.3 is 10.1 Å². The lowest BCUT2D eigenvalue weighted by atomic mass is 9.84. The molecule has 200 valence electrons. The number of alkyl halides is 3. The molecule has 0 spiro atoms. The molecule has 2 atom stereocenters. The second-order valence-corrected chi connectivity index (χ2v) is 10.6. The van der Waals surface area contributed by atoms with Crippen LogP contribution in [0.25, 0.3) is 0 Å². The third-order valence-electron chi connectivity index (χ3n) is 8.13. The molecule has 1 N–H and O–H groups in total. The van der Waals surface area contributed by atoms with Gasteiger partial charge in [0.15, 0.2) is 0 Å². The van der Waals surface area contributed by atoms with Crippen molar-refractivity contribution in [1.82, 2.24) is 10.2 Å². The van der Waals surface area contributed by atoms with Crippen molar-refractivity contribution in [2.24, 2.45) is 5.92 Å². The minimum atomic E-state index is -4.66. The van der Waals surface area contributed by atoms with Gasteiger partial charge in [0.2, 0.25) is 0 Å². The number of hydrogen-bond acceptors (Lipinski definition) is 3. The van der Waals surface area contributed by atoms with Crippen LogP contribution in [0.5, 0.6) is 0 Å². The fraction of sp³-hybridized carbons (Fsp3) is 0.536. The molecule has 0 unspecified atom stereocenters. The van der Waals surface area contributed by atoms with Crippen LogP contribution in [0.15, 0.2) is 42.5 Å². The Labute approximate surface area is 213 Å². The molecule has 0 radical (unpaired) electrons. The third-order valence-corrected chi connectivity index (χ3v) is 8.13. The number of carbonyl (C=O) groups excluding carboxylic acids is 1. The van der Waals surface area contributed by atoms with Gasteiger partial charge in [0, 0.05) is 12.6 Å². The van der Waals surface area contributed by atoms with Crippen molar-refractivity contribution in [2.75, 3.05) is 19.7 Å². The van der Waals surface area contributed by atoms with E-state index in [2.05, 4.69) is 10.2 Å². The van der Waals surface area contributed by atoms with Crippen LogP contribution in [-0.4, -0.2) is 42.1 Å². The fourth-order valence-corrected chi connectivity index (χ4v) is 5.89. The van der Waals surface area contributed by atoms with Crippen LogP contribution in [0.1, 0.15) is 61.1 Å². The number of benzene rings is 2. The largest absolute Gasteiger partial charge is 0.416 e. The lowest BCUT2D eigenvalue weighted by Crippen LogP contribution is -2.57. The van der Waals surface area contributed by atoms with Crippen molar-refractivity contribution in [2.45, 2.75) is 68.8 Å². The summed E-state index contributed by atoms with van der Waals surface area (Å²) in [6.45, 7) is 2.03. The molecule has 2 heterocycles. The highest BCUT2D eigenvalue weighted by molar-refractivity contribution is 5.86. The lowest BCUT2D eigenvalue weighted by molar-refractivity contribution is -0.165. The number of ether oxygens (including phenoxy) is 1. The Balaban J connectivity index is 1.17. The average molecular weight is 523 g/mol. The van der Waals surface area contributed by atoms with Gasteiger partial charge in [0.1, 0.15) is 17.2 Å². The summed E-state index contributed by atoms with van der Waals surface area (Å²) in [7, 11) is 0. The molecule has 2 aromatic rings. The molecular weight excluding hydrogens is 491 g/mol. The molecule has 1 amide bonds. The molecule has 37 heavy (non-hydrogen) atoms. The molecule has 3 aliphatic rings. The summed E-state index contributed by atoms with van der Waals surface area (Å²) >= 11 is 0. The Morgan fingerprint density at radius 3 is 2.27 bits per heavy atom. The molecule has 3 fully saturated rings. The highest BCUT2D eigenvalue weighted by Gasteiger charge is 2.54. The average Bonchev–Trinajstić information content (AvgIpc) is 3.73. The van der Waals surface area contributed by atoms with Gasteiger partial charge in [-0.25, -0.2) is 8.78 Å². The first-order valence-corrected chi connectivity index (χ1v) is 12.9. The second-order valence-electron chi connectivity index (χ2n) is 10.6. The summed E-state index contributed by atoms with van der Waals surface area (Å²) < 4.78 is 72.4. The van der Waals surface area contributed by atoms with Crippen molar-refractivity contribution >= 4 is 5.91 Å². The SMILES string of the molecule is O=C(NCc1cc(F)cc(C(F)(F)F)c1)[C@@]1(C2CC2)CC[C@@H](N2CCC(c3ccc(F)cc3)CC2)CO1. The van der Waals surface area contributed by atoms with Crippen molar-refractivity contribution in [3.8, 4) is 0 Å². The standard InChI is InChI=1S/C28H31F5N2O2/c29-23-5-1-19(2-6-23)20-8-11-35(12-9-20)25-7-10-27(37-17-25,21-3-4-21)26(36)34-16-18-13-22(28(31,32)33)15-24(30)14-18/h1-2,5-6,13-15,20-21,25H,3-4,7-12,16-17H2,(H,34,36)/t25-,27+/m1/s1. The minimum absolute atomic E-state index is 0.0596. The zero-order valence-electron chi connectivity index (χ0n) is 20.5. The molecule has 9 heteroatoms. The molecule has 2 aliphatic heterocycles. The summed E-state index contributed by atoms with van der Waals surface area (Å²) in [5, 5.41) is 2.72. The molecule has 1 aliphatic carbocycles. The van der Waals surface area contributed by atoms with Gasteiger partial charge >= 0.3 is 6.18 Å². The normalized spacial score (nSPS) is 25.7. The van der Waals surface area contributed by atoms with Gasteiger partial charge in [-0.1, -0.05) is 12.1 Å². The van der Waals surface area contributed by atoms with Crippen LogP contribution in [0, 0.1) is 17.6 Å². The van der Waals surface area contributed by atoms with Crippen molar-refractivity contribution < 1.29 is 31.5 Å². The number of carbonyl (C=O) groups is 1. The number of rotatable bonds is 6. The monoisotopic (exact) mass is 522 g/mol. The van der Waals surface area contributed by atoms with Gasteiger partial charge in [-0.3, -0.25) is 9.69 Å². The van der Waals surface area contributed by atoms with Crippen LogP contribution >= 0.6 is 0 Å². The number of piperidine rings is 1. The van der Waals surface area contributed by atoms with E-state index < -0.39 is 23.2 Å². The van der Waals surface area contributed by atoms with E-state index in [9.17, 15) is 26.7 Å². The number of halogens is 5. The Bertz CT molecular complexity index is 1100. The highest BCUT2D eigenvalue weighted by Crippen LogP contribution is 2.47. The first-order chi connectivity index (χ1) is 17.6. The molecule has 0 bridgehead atoms. The Hall–Kier alpha value is -2.52. The van der Waals surface area contributed by atoms with Gasteiger partial charge in [-0.05, 0) is 105 Å². The first-order valence-electron chi connectivity index (χ1n) is 12.9. The second kappa shape index (κ2) is 10.3. The van der Waals surface area contributed by atoms with E-state index in [-0.39, 0.29) is 35.8 Å². The molecule has 0 aromatic heterocycles. The first kappa shape index (κ1) is 26.1. The van der Waals surface area contributed by atoms with Crippen LogP contribution in [0.2, 0.25) is 0 Å². The third kappa shape index (κ3) is 5.82. The van der Waals surface area contributed by atoms with E-state index in [0.29, 0.717) is 25.0 Å². The van der Waals surface area contributed by atoms with E-state index >= 15 is 0 Å². The van der Waals surface area contributed by atoms with E-state index in [0.717, 1.165) is 62.9 Å². The molecule has 2 saturated heterocycles. The van der Waals surface area contributed by atoms with Crippen molar-refractivity contribution in [3.05, 3.63) is 70.8 Å². The van der Waals surface area contributed by atoms with E-state index in [1.54, 1.807) is 0 Å². The van der Waals surface area contributed by atoms with Crippen LogP contribution < -0.4 is 5.32 Å². The zero-order valence-corrected chi connectivity index (χ0v) is 20.5. The summed E-state index contributed by atoms with van der Waals surface area (Å²) in [6, 6.07) is 9.24. The van der Waals surface area contributed by atoms with Crippen LogP contribution in [-0.2, 0) is 22.3 Å². The van der Waals surface area contributed by atoms with Gasteiger partial charge in [-0.15, -0.1) is 0 Å². The minimum Gasteiger partial charge on any atom is -0.363 e. The van der Waals surface area contributed by atoms with Gasteiger partial charge in [0.05, 0.1) is 12.2 Å². The van der Waals surface area contributed by atoms with Crippen molar-refractivity contribution in [1.29, 1.82) is 0 Å². The lowest BCUT2D eigenvalue weighted by Gasteiger charge is -2.45. The van der Waals surface area contributed by atoms with Crippen molar-refractivity contribution in [3.63, 3.8) is 0 Å². The number of amides is 1. The molecule has 4 nitrogen and oxygen atoms in total. The molecule has 5 rings (SSSR count). The Kier molecular flexibility index (Phi) is 7.29. The fourth-order valence-electron chi connectivity index (χ4n) is 5.89. The van der Waals surface area contributed by atoms with Crippen LogP contribution in [0.4, 0.5) is 22.0 Å². The zero-order chi connectivity index (χ0) is 26.2. The molecule has 1 saturated carbocycles. The summed E-state index contributed by atoms with van der Waals surface area (Å²) in [6.07, 6.45) is 0.379. The molecule has 2 aromatic carbocycles. The summed E-state index contributed by atoms with van der Waals surface area (Å²) in [4.78, 5) is 15.7. The molecular formula is C28H31F5N2O2. The number of hydrogen-bond donors (Lipinski definition) is 1. The predicted octanol–water partition coefficient (Wildman–Crippen LogP) is 5.81. The Morgan fingerprint density at radius 2 is 1.68 bits per heavy atom. The number of nitrogens with zero attached hydrogens (tertiary/aromatic N) is 1. The Morgan fingerprint density at radius 1 is 0.973 bits per heavy atom. The van der Waals surface area contributed by atoms with Gasteiger partial charge in [-0.2, -0.15) is 13.2 Å². The summed E-state index contributed by atoms with van der Waals surface area (Å²) in [5.41, 5.74) is -0.840. The van der Waals surface area contributed by atoms with Crippen LogP contribution in [0.3, 0.4) is 0 Å². The van der Waals surface area contributed by atoms with E-state index in [1.807, 2.05) is 12.1 Å². The van der Waals surface area contributed by atoms with E-state index in [4.69, 9.17) is 4.74 Å². The smallest absolute Gasteiger partial charge is 0.363 e.